The first kappa shape index (κ1) is 32.0. The van der Waals surface area contributed by atoms with E-state index in [4.69, 9.17) is 16.3 Å². The normalized spacial score (nSPS) is 12.7. The van der Waals surface area contributed by atoms with Crippen LogP contribution in [-0.4, -0.2) is 50.4 Å². The number of aryl methyl sites for hydroxylation is 1. The molecule has 0 fully saturated rings. The number of nitrogens with zero attached hydrogens (tertiary/aromatic N) is 2. The smallest absolute Gasteiger partial charge is 0.264 e. The molecule has 0 spiro atoms. The summed E-state index contributed by atoms with van der Waals surface area (Å²) in [6.45, 7) is 9.12. The molecule has 0 aromatic heterocycles. The number of ether oxygens (including phenoxy) is 1. The second-order valence-electron chi connectivity index (χ2n) is 9.86. The summed E-state index contributed by atoms with van der Waals surface area (Å²) in [5.74, 6) is -0.319. The third-order valence-electron chi connectivity index (χ3n) is 6.79. The van der Waals surface area contributed by atoms with E-state index in [1.807, 2.05) is 27.7 Å². The molecule has 3 aromatic carbocycles. The van der Waals surface area contributed by atoms with Gasteiger partial charge in [-0.05, 0) is 82.1 Å². The maximum atomic E-state index is 14.0. The number of amides is 2. The molecule has 2 atom stereocenters. The minimum Gasteiger partial charge on any atom is -0.494 e. The highest BCUT2D eigenvalue weighted by atomic mass is 35.5. The molecule has 8 nitrogen and oxygen atoms in total. The minimum absolute atomic E-state index is 0.0231. The van der Waals surface area contributed by atoms with E-state index in [1.54, 1.807) is 67.6 Å². The molecule has 220 valence electrons. The van der Waals surface area contributed by atoms with Gasteiger partial charge in [-0.25, -0.2) is 8.42 Å². The van der Waals surface area contributed by atoms with Crippen molar-refractivity contribution in [2.75, 3.05) is 17.5 Å². The van der Waals surface area contributed by atoms with Crippen LogP contribution in [0.1, 0.15) is 45.2 Å². The van der Waals surface area contributed by atoms with Crippen LogP contribution in [0.4, 0.5) is 5.69 Å². The van der Waals surface area contributed by atoms with Crippen molar-refractivity contribution in [3.8, 4) is 5.75 Å². The number of halogens is 1. The fourth-order valence-corrected chi connectivity index (χ4v) is 5.71. The lowest BCUT2D eigenvalue weighted by Crippen LogP contribution is -2.52. The van der Waals surface area contributed by atoms with Crippen LogP contribution >= 0.6 is 11.6 Å². The number of hydrogen-bond acceptors (Lipinski definition) is 5. The van der Waals surface area contributed by atoms with Crippen molar-refractivity contribution in [1.29, 1.82) is 0 Å². The van der Waals surface area contributed by atoms with Gasteiger partial charge in [0.05, 0.1) is 17.2 Å². The lowest BCUT2D eigenvalue weighted by Gasteiger charge is -2.32. The summed E-state index contributed by atoms with van der Waals surface area (Å²) in [4.78, 5) is 28.6. The monoisotopic (exact) mass is 599 g/mol. The van der Waals surface area contributed by atoms with Crippen LogP contribution in [0.15, 0.2) is 77.7 Å². The molecule has 0 unspecified atom stereocenters. The van der Waals surface area contributed by atoms with Gasteiger partial charge in [0.15, 0.2) is 0 Å². The average Bonchev–Trinajstić information content (AvgIpc) is 2.95. The quantitative estimate of drug-likeness (QED) is 0.277. The Morgan fingerprint density at radius 2 is 1.59 bits per heavy atom. The molecule has 0 aliphatic rings. The summed E-state index contributed by atoms with van der Waals surface area (Å²) < 4.78 is 34.5. The molecule has 3 aromatic rings. The summed E-state index contributed by atoms with van der Waals surface area (Å²) in [5, 5.41) is 3.36. The Kier molecular flexibility index (Phi) is 11.2. The summed E-state index contributed by atoms with van der Waals surface area (Å²) in [5.41, 5.74) is 1.83. The number of nitrogens with one attached hydrogen (secondary N) is 1. The van der Waals surface area contributed by atoms with Crippen molar-refractivity contribution in [2.45, 2.75) is 64.6 Å². The van der Waals surface area contributed by atoms with Gasteiger partial charge < -0.3 is 15.0 Å². The number of carbonyl (C=O) groups excluding carboxylic acids is 2. The van der Waals surface area contributed by atoms with E-state index in [2.05, 4.69) is 5.32 Å². The van der Waals surface area contributed by atoms with Crippen molar-refractivity contribution < 1.29 is 22.7 Å². The van der Waals surface area contributed by atoms with Crippen molar-refractivity contribution in [3.63, 3.8) is 0 Å². The first-order valence-corrected chi connectivity index (χ1v) is 15.4. The van der Waals surface area contributed by atoms with Gasteiger partial charge >= 0.3 is 0 Å². The van der Waals surface area contributed by atoms with Gasteiger partial charge in [0, 0.05) is 17.6 Å². The van der Waals surface area contributed by atoms with Gasteiger partial charge in [-0.1, -0.05) is 54.4 Å². The lowest BCUT2D eigenvalue weighted by molar-refractivity contribution is -0.139. The zero-order valence-electron chi connectivity index (χ0n) is 24.1. The van der Waals surface area contributed by atoms with Crippen molar-refractivity contribution in [3.05, 3.63) is 88.9 Å². The Hall–Kier alpha value is -3.56. The van der Waals surface area contributed by atoms with Crippen LogP contribution in [0.25, 0.3) is 0 Å². The van der Waals surface area contributed by atoms with Crippen LogP contribution < -0.4 is 14.4 Å². The highest BCUT2D eigenvalue weighted by molar-refractivity contribution is 7.92. The van der Waals surface area contributed by atoms with Crippen LogP contribution in [0.3, 0.4) is 0 Å². The standard InChI is InChI=1S/C31H38ClN3O5S/c1-6-23(4)33-31(37)24(5)34(20-25-10-8-9-11-29(25)32)30(36)21-35(26-14-16-27(17-15-26)40-7-2)41(38,39)28-18-12-22(3)13-19-28/h8-19,23-24H,6-7,20-21H2,1-5H3,(H,33,37)/t23-,24+/m1/s1. The fraction of sp³-hybridized carbons (Fsp3) is 0.355. The maximum absolute atomic E-state index is 14.0. The van der Waals surface area contributed by atoms with Gasteiger partial charge in [0.25, 0.3) is 10.0 Å². The van der Waals surface area contributed by atoms with Gasteiger partial charge in [-0.15, -0.1) is 0 Å². The number of rotatable bonds is 13. The summed E-state index contributed by atoms with van der Waals surface area (Å²) in [6, 6.07) is 19.0. The molecule has 41 heavy (non-hydrogen) atoms. The third-order valence-corrected chi connectivity index (χ3v) is 8.95. The molecule has 0 heterocycles. The van der Waals surface area contributed by atoms with E-state index >= 15 is 0 Å². The van der Waals surface area contributed by atoms with Gasteiger partial charge in [0.1, 0.15) is 18.3 Å². The molecule has 2 amide bonds. The van der Waals surface area contributed by atoms with Crippen LogP contribution in [0, 0.1) is 6.92 Å². The van der Waals surface area contributed by atoms with E-state index in [9.17, 15) is 18.0 Å². The van der Waals surface area contributed by atoms with Crippen molar-refractivity contribution in [1.82, 2.24) is 10.2 Å². The highest BCUT2D eigenvalue weighted by Crippen LogP contribution is 2.27. The molecular weight excluding hydrogens is 562 g/mol. The predicted octanol–water partition coefficient (Wildman–Crippen LogP) is 5.57. The molecular formula is C31H38ClN3O5S. The minimum atomic E-state index is -4.16. The Morgan fingerprint density at radius 3 is 2.17 bits per heavy atom. The van der Waals surface area contributed by atoms with E-state index in [0.717, 1.165) is 16.3 Å². The number of hydrogen-bond donors (Lipinski definition) is 1. The van der Waals surface area contributed by atoms with Gasteiger partial charge in [0.2, 0.25) is 11.8 Å². The van der Waals surface area contributed by atoms with E-state index in [0.29, 0.717) is 22.9 Å². The average molecular weight is 600 g/mol. The van der Waals surface area contributed by atoms with Gasteiger partial charge in [-0.2, -0.15) is 0 Å². The molecule has 0 saturated carbocycles. The summed E-state index contributed by atoms with van der Waals surface area (Å²) in [6.07, 6.45) is 0.719. The first-order valence-electron chi connectivity index (χ1n) is 13.6. The van der Waals surface area contributed by atoms with E-state index < -0.39 is 28.5 Å². The van der Waals surface area contributed by atoms with E-state index in [1.165, 1.54) is 17.0 Å². The highest BCUT2D eigenvalue weighted by Gasteiger charge is 2.33. The van der Waals surface area contributed by atoms with Gasteiger partial charge in [-0.3, -0.25) is 13.9 Å². The predicted molar refractivity (Wildman–Crippen MR) is 163 cm³/mol. The Morgan fingerprint density at radius 1 is 0.951 bits per heavy atom. The zero-order valence-corrected chi connectivity index (χ0v) is 25.7. The first-order chi connectivity index (χ1) is 19.5. The molecule has 0 bridgehead atoms. The SMILES string of the molecule is CCOc1ccc(N(CC(=O)N(Cc2ccccc2Cl)[C@@H](C)C(=O)N[C@H](C)CC)S(=O)(=O)c2ccc(C)cc2)cc1. The lowest BCUT2D eigenvalue weighted by atomic mass is 10.1. The van der Waals surface area contributed by atoms with Crippen LogP contribution in [-0.2, 0) is 26.2 Å². The Balaban J connectivity index is 2.04. The third kappa shape index (κ3) is 8.24. The molecule has 0 saturated heterocycles. The number of sulfonamides is 1. The maximum Gasteiger partial charge on any atom is 0.264 e. The molecule has 0 radical (unpaired) electrons. The zero-order chi connectivity index (χ0) is 30.2. The fourth-order valence-electron chi connectivity index (χ4n) is 4.10. The largest absolute Gasteiger partial charge is 0.494 e. The molecule has 3 rings (SSSR count). The second-order valence-corrected chi connectivity index (χ2v) is 12.1. The molecule has 1 N–H and O–H groups in total. The molecule has 0 aliphatic heterocycles. The van der Waals surface area contributed by atoms with Crippen LogP contribution in [0.2, 0.25) is 5.02 Å². The van der Waals surface area contributed by atoms with Crippen LogP contribution in [0.5, 0.6) is 5.75 Å². The number of carbonyl (C=O) groups is 2. The molecule has 0 aliphatic carbocycles. The Bertz CT molecular complexity index is 1430. The summed E-state index contributed by atoms with van der Waals surface area (Å²) >= 11 is 6.41. The van der Waals surface area contributed by atoms with E-state index in [-0.39, 0.29) is 29.1 Å². The second kappa shape index (κ2) is 14.4. The number of anilines is 1. The Labute approximate surface area is 248 Å². The molecule has 10 heteroatoms. The number of benzene rings is 3. The van der Waals surface area contributed by atoms with Crippen molar-refractivity contribution in [2.24, 2.45) is 0 Å². The topological polar surface area (TPSA) is 96.0 Å². The van der Waals surface area contributed by atoms with Crippen molar-refractivity contribution >= 4 is 39.1 Å². The summed E-state index contributed by atoms with van der Waals surface area (Å²) in [7, 11) is -4.16.